The van der Waals surface area contributed by atoms with Crippen LogP contribution < -0.4 is 5.32 Å². The average Bonchev–Trinajstić information content (AvgIpc) is 2.95. The van der Waals surface area contributed by atoms with Gasteiger partial charge >= 0.3 is 0 Å². The number of nitrogens with one attached hydrogen (secondary N) is 2. The van der Waals surface area contributed by atoms with E-state index in [1.165, 1.54) is 6.42 Å². The minimum atomic E-state index is -3.67. The summed E-state index contributed by atoms with van der Waals surface area (Å²) in [5.74, 6) is 0.833. The molecule has 23 heavy (non-hydrogen) atoms. The van der Waals surface area contributed by atoms with Gasteiger partial charge in [0, 0.05) is 13.2 Å². The molecule has 1 aliphatic carbocycles. The predicted octanol–water partition coefficient (Wildman–Crippen LogP) is 1.23. The molecule has 0 aliphatic heterocycles. The Kier molecular flexibility index (Phi) is 5.85. The zero-order valence-corrected chi connectivity index (χ0v) is 13.9. The number of anilines is 1. The maximum absolute atomic E-state index is 9.19. The number of hydrogen-bond donors (Lipinski definition) is 3. The molecular formula is C13H21N5O4S. The first-order valence-corrected chi connectivity index (χ1v) is 9.07. The van der Waals surface area contributed by atoms with E-state index in [0.717, 1.165) is 30.6 Å². The Morgan fingerprint density at radius 1 is 1.35 bits per heavy atom. The first-order chi connectivity index (χ1) is 10.9. The lowest BCUT2D eigenvalue weighted by molar-refractivity contribution is 0.0669. The minimum absolute atomic E-state index is 0.357. The molecule has 10 heteroatoms. The van der Waals surface area contributed by atoms with Crippen LogP contribution in [0.25, 0.3) is 11.2 Å². The molecule has 2 unspecified atom stereocenters. The lowest BCUT2D eigenvalue weighted by Gasteiger charge is -2.29. The van der Waals surface area contributed by atoms with Gasteiger partial charge in [-0.1, -0.05) is 0 Å². The third-order valence-electron chi connectivity index (χ3n) is 3.52. The summed E-state index contributed by atoms with van der Waals surface area (Å²) in [5.41, 5.74) is 1.57. The number of hydrogen-bond acceptors (Lipinski definition) is 7. The Balaban J connectivity index is 0.000000338. The molecule has 0 saturated heterocycles. The van der Waals surface area contributed by atoms with Crippen molar-refractivity contribution in [2.45, 2.75) is 37.8 Å². The highest BCUT2D eigenvalue weighted by Crippen LogP contribution is 2.24. The molecule has 1 aliphatic rings. The van der Waals surface area contributed by atoms with E-state index in [4.69, 9.17) is 9.29 Å². The lowest BCUT2D eigenvalue weighted by atomic mass is 9.93. The van der Waals surface area contributed by atoms with E-state index in [1.54, 1.807) is 19.8 Å². The van der Waals surface area contributed by atoms with Crippen molar-refractivity contribution in [3.63, 3.8) is 0 Å². The molecule has 0 radical (unpaired) electrons. The van der Waals surface area contributed by atoms with Gasteiger partial charge in [0.25, 0.3) is 10.1 Å². The summed E-state index contributed by atoms with van der Waals surface area (Å²) in [5, 5.41) is 3.47. The van der Waals surface area contributed by atoms with Crippen LogP contribution in [0.5, 0.6) is 0 Å². The van der Waals surface area contributed by atoms with Gasteiger partial charge in [-0.15, -0.1) is 0 Å². The molecule has 3 N–H and O–H groups in total. The van der Waals surface area contributed by atoms with Crippen LogP contribution in [0.2, 0.25) is 0 Å². The fraction of sp³-hybridized carbons (Fsp3) is 0.615. The minimum Gasteiger partial charge on any atom is -0.381 e. The van der Waals surface area contributed by atoms with Gasteiger partial charge in [0.05, 0.1) is 18.7 Å². The second kappa shape index (κ2) is 7.66. The number of aromatic amines is 1. The standard InChI is InChI=1S/C12H17N5O.CH4O3S/c1-18-9-4-2-3-8(5-9)17-12-10-11(14-6-13-10)15-7-16-12;1-5(2,3)4/h6-9H,2-5H2,1H3,(H2,13,14,15,16,17);1H3,(H,2,3,4). The van der Waals surface area contributed by atoms with Crippen LogP contribution in [0.3, 0.4) is 0 Å². The van der Waals surface area contributed by atoms with Crippen LogP contribution in [-0.2, 0) is 14.9 Å². The van der Waals surface area contributed by atoms with Crippen LogP contribution >= 0.6 is 0 Å². The molecule has 1 saturated carbocycles. The molecule has 3 rings (SSSR count). The molecule has 2 aromatic heterocycles. The third kappa shape index (κ3) is 5.73. The molecule has 0 aromatic carbocycles. The Morgan fingerprint density at radius 3 is 2.78 bits per heavy atom. The fourth-order valence-electron chi connectivity index (χ4n) is 2.56. The zero-order chi connectivity index (χ0) is 16.9. The first kappa shape index (κ1) is 17.6. The fourth-order valence-corrected chi connectivity index (χ4v) is 2.56. The second-order valence-electron chi connectivity index (χ2n) is 5.42. The Morgan fingerprint density at radius 2 is 2.09 bits per heavy atom. The van der Waals surface area contributed by atoms with Crippen molar-refractivity contribution < 1.29 is 17.7 Å². The summed E-state index contributed by atoms with van der Waals surface area (Å²) in [6.45, 7) is 0. The number of aromatic nitrogens is 4. The largest absolute Gasteiger partial charge is 0.381 e. The van der Waals surface area contributed by atoms with E-state index >= 15 is 0 Å². The van der Waals surface area contributed by atoms with E-state index in [-0.39, 0.29) is 0 Å². The van der Waals surface area contributed by atoms with E-state index in [9.17, 15) is 8.42 Å². The summed E-state index contributed by atoms with van der Waals surface area (Å²) in [4.78, 5) is 15.6. The Hall–Kier alpha value is -1.78. The van der Waals surface area contributed by atoms with Gasteiger partial charge in [0.15, 0.2) is 11.5 Å². The third-order valence-corrected chi connectivity index (χ3v) is 3.52. The maximum Gasteiger partial charge on any atom is 0.261 e. The van der Waals surface area contributed by atoms with E-state index in [2.05, 4.69) is 25.3 Å². The van der Waals surface area contributed by atoms with Crippen LogP contribution in [0.15, 0.2) is 12.7 Å². The van der Waals surface area contributed by atoms with Gasteiger partial charge in [-0.2, -0.15) is 8.42 Å². The molecule has 128 valence electrons. The Labute approximate surface area is 134 Å². The van der Waals surface area contributed by atoms with Crippen LogP contribution in [0.1, 0.15) is 25.7 Å². The average molecular weight is 343 g/mol. The smallest absolute Gasteiger partial charge is 0.261 e. The molecule has 0 bridgehead atoms. The monoisotopic (exact) mass is 343 g/mol. The molecule has 2 aromatic rings. The highest BCUT2D eigenvalue weighted by atomic mass is 32.2. The van der Waals surface area contributed by atoms with Gasteiger partial charge < -0.3 is 15.0 Å². The molecule has 2 heterocycles. The summed E-state index contributed by atoms with van der Waals surface area (Å²) >= 11 is 0. The van der Waals surface area contributed by atoms with Crippen molar-refractivity contribution in [1.82, 2.24) is 19.9 Å². The number of fused-ring (bicyclic) bond motifs is 1. The molecule has 2 atom stereocenters. The Bertz CT molecular complexity index is 725. The highest BCUT2D eigenvalue weighted by molar-refractivity contribution is 7.85. The molecule has 0 amide bonds. The van der Waals surface area contributed by atoms with Gasteiger partial charge in [0.1, 0.15) is 11.8 Å². The van der Waals surface area contributed by atoms with Gasteiger partial charge in [-0.25, -0.2) is 15.0 Å². The quantitative estimate of drug-likeness (QED) is 0.709. The summed E-state index contributed by atoms with van der Waals surface area (Å²) < 4.78 is 31.3. The molecule has 9 nitrogen and oxygen atoms in total. The number of ether oxygens (including phenoxy) is 1. The van der Waals surface area contributed by atoms with E-state index < -0.39 is 10.1 Å². The number of methoxy groups -OCH3 is 1. The first-order valence-electron chi connectivity index (χ1n) is 7.22. The van der Waals surface area contributed by atoms with Gasteiger partial charge in [-0.05, 0) is 25.7 Å². The molecule has 1 fully saturated rings. The number of imidazole rings is 1. The van der Waals surface area contributed by atoms with Crippen molar-refractivity contribution in [3.8, 4) is 0 Å². The SMILES string of the molecule is COC1CCCC(Nc2ncnc3nc[nH]c23)C1.CS(=O)(=O)O. The van der Waals surface area contributed by atoms with Crippen molar-refractivity contribution in [2.75, 3.05) is 18.7 Å². The molecule has 0 spiro atoms. The predicted molar refractivity (Wildman–Crippen MR) is 85.8 cm³/mol. The lowest BCUT2D eigenvalue weighted by Crippen LogP contribution is -2.31. The van der Waals surface area contributed by atoms with Gasteiger partial charge in [0.2, 0.25) is 0 Å². The van der Waals surface area contributed by atoms with Crippen LogP contribution in [-0.4, -0.2) is 58.4 Å². The number of nitrogens with zero attached hydrogens (tertiary/aromatic N) is 3. The topological polar surface area (TPSA) is 130 Å². The summed E-state index contributed by atoms with van der Waals surface area (Å²) in [7, 11) is -1.88. The molecular weight excluding hydrogens is 322 g/mol. The van der Waals surface area contributed by atoms with Crippen molar-refractivity contribution in [1.29, 1.82) is 0 Å². The summed E-state index contributed by atoms with van der Waals surface area (Å²) in [6.07, 6.45) is 8.77. The second-order valence-corrected chi connectivity index (χ2v) is 6.89. The van der Waals surface area contributed by atoms with E-state index in [0.29, 0.717) is 24.0 Å². The van der Waals surface area contributed by atoms with Crippen LogP contribution in [0.4, 0.5) is 5.82 Å². The van der Waals surface area contributed by atoms with Gasteiger partial charge in [-0.3, -0.25) is 4.55 Å². The zero-order valence-electron chi connectivity index (χ0n) is 13.1. The van der Waals surface area contributed by atoms with E-state index in [1.807, 2.05) is 0 Å². The normalized spacial score (nSPS) is 21.5. The van der Waals surface area contributed by atoms with Crippen molar-refractivity contribution in [2.24, 2.45) is 0 Å². The number of H-pyrrole nitrogens is 1. The maximum atomic E-state index is 9.19. The summed E-state index contributed by atoms with van der Waals surface area (Å²) in [6, 6.07) is 0.408. The number of rotatable bonds is 3. The van der Waals surface area contributed by atoms with Crippen molar-refractivity contribution >= 4 is 27.1 Å². The van der Waals surface area contributed by atoms with Crippen molar-refractivity contribution in [3.05, 3.63) is 12.7 Å². The highest BCUT2D eigenvalue weighted by Gasteiger charge is 2.22. The van der Waals surface area contributed by atoms with Crippen LogP contribution in [0, 0.1) is 0 Å².